The van der Waals surface area contributed by atoms with Gasteiger partial charge in [0.2, 0.25) is 0 Å². The van der Waals surface area contributed by atoms with Gasteiger partial charge in [-0.25, -0.2) is 14.2 Å². The monoisotopic (exact) mass is 502 g/mol. The Labute approximate surface area is 205 Å². The van der Waals surface area contributed by atoms with Crippen molar-refractivity contribution in [3.63, 3.8) is 0 Å². The maximum Gasteiger partial charge on any atom is 0.336 e. The van der Waals surface area contributed by atoms with Crippen molar-refractivity contribution in [3.05, 3.63) is 76.3 Å². The minimum absolute atomic E-state index is 0.0256. The van der Waals surface area contributed by atoms with Crippen molar-refractivity contribution in [1.82, 2.24) is 20.6 Å². The zero-order chi connectivity index (χ0) is 25.5. The number of nitrogens with zero attached hydrogens (tertiary/aromatic N) is 2. The third-order valence-corrected chi connectivity index (χ3v) is 5.20. The Morgan fingerprint density at radius 2 is 1.91 bits per heavy atom. The molecule has 0 spiro atoms. The second-order valence-electron chi connectivity index (χ2n) is 7.63. The standard InChI is InChI=1S/C24H24ClFN4O5/c1-3-35-24(34)22(32)13-30(29-23(33)21-11-20(14(2)31)27-28-21)12-15-4-6-16(7-5-15)18-10-17(25)8-9-19(18)26/h4-11,22,32H,3,12-13H2,1-2H3,(H,27,28)(H,29,33)/t22-/m0/s1. The molecule has 11 heteroatoms. The maximum atomic E-state index is 14.2. The molecular formula is C24H24ClFN4O5. The smallest absolute Gasteiger partial charge is 0.336 e. The number of aliphatic hydroxyl groups is 1. The molecule has 0 aliphatic rings. The van der Waals surface area contributed by atoms with E-state index in [9.17, 15) is 23.9 Å². The highest BCUT2D eigenvalue weighted by molar-refractivity contribution is 6.30. The first-order chi connectivity index (χ1) is 16.7. The molecule has 0 saturated heterocycles. The number of Topliss-reactive ketones (excluding diaryl/α,β-unsaturated/α-hetero) is 1. The van der Waals surface area contributed by atoms with Gasteiger partial charge < -0.3 is 9.84 Å². The number of ether oxygens (including phenoxy) is 1. The van der Waals surface area contributed by atoms with E-state index in [1.165, 1.54) is 36.2 Å². The lowest BCUT2D eigenvalue weighted by Crippen LogP contribution is -2.47. The Kier molecular flexibility index (Phi) is 8.69. The average molecular weight is 503 g/mol. The van der Waals surface area contributed by atoms with E-state index in [2.05, 4.69) is 15.6 Å². The summed E-state index contributed by atoms with van der Waals surface area (Å²) in [4.78, 5) is 36.1. The molecule has 3 N–H and O–H groups in total. The Morgan fingerprint density at radius 1 is 1.20 bits per heavy atom. The largest absolute Gasteiger partial charge is 0.464 e. The lowest BCUT2D eigenvalue weighted by Gasteiger charge is -2.25. The molecule has 0 radical (unpaired) electrons. The summed E-state index contributed by atoms with van der Waals surface area (Å²) in [6, 6.07) is 12.4. The average Bonchev–Trinajstić information content (AvgIpc) is 3.32. The molecule has 3 aromatic rings. The number of carbonyl (C=O) groups is 3. The number of aliphatic hydroxyl groups excluding tert-OH is 1. The summed E-state index contributed by atoms with van der Waals surface area (Å²) in [5.74, 6) is -2.19. The van der Waals surface area contributed by atoms with Crippen molar-refractivity contribution < 1.29 is 28.6 Å². The minimum atomic E-state index is -1.52. The van der Waals surface area contributed by atoms with E-state index >= 15 is 0 Å². The van der Waals surface area contributed by atoms with Gasteiger partial charge in [-0.15, -0.1) is 0 Å². The van der Waals surface area contributed by atoms with Crippen LogP contribution in [-0.2, 0) is 16.1 Å². The molecule has 3 rings (SSSR count). The molecule has 0 fully saturated rings. The molecule has 2 aromatic carbocycles. The van der Waals surface area contributed by atoms with Gasteiger partial charge in [-0.1, -0.05) is 35.9 Å². The van der Waals surface area contributed by atoms with Crippen LogP contribution in [0.3, 0.4) is 0 Å². The van der Waals surface area contributed by atoms with Crippen LogP contribution in [0.2, 0.25) is 5.02 Å². The van der Waals surface area contributed by atoms with Crippen LogP contribution in [-0.4, -0.2) is 57.2 Å². The summed E-state index contributed by atoms with van der Waals surface area (Å²) >= 11 is 5.98. The van der Waals surface area contributed by atoms with Crippen molar-refractivity contribution in [1.29, 1.82) is 0 Å². The van der Waals surface area contributed by atoms with E-state index < -0.39 is 23.8 Å². The van der Waals surface area contributed by atoms with Crippen molar-refractivity contribution in [2.45, 2.75) is 26.5 Å². The highest BCUT2D eigenvalue weighted by atomic mass is 35.5. The number of aromatic amines is 1. The van der Waals surface area contributed by atoms with E-state index in [1.807, 2.05) is 0 Å². The number of esters is 1. The molecule has 1 heterocycles. The topological polar surface area (TPSA) is 125 Å². The summed E-state index contributed by atoms with van der Waals surface area (Å²) in [5, 5.41) is 18.2. The first-order valence-corrected chi connectivity index (χ1v) is 11.1. The lowest BCUT2D eigenvalue weighted by molar-refractivity contribution is -0.154. The SMILES string of the molecule is CCOC(=O)[C@@H](O)CN(Cc1ccc(-c2cc(Cl)ccc2F)cc1)NC(=O)c1cc(C(C)=O)n[nH]1. The van der Waals surface area contributed by atoms with E-state index in [0.717, 1.165) is 0 Å². The number of benzene rings is 2. The molecule has 0 unspecified atom stereocenters. The fourth-order valence-electron chi connectivity index (χ4n) is 3.22. The zero-order valence-electron chi connectivity index (χ0n) is 19.0. The zero-order valence-corrected chi connectivity index (χ0v) is 19.8. The molecular weight excluding hydrogens is 479 g/mol. The maximum absolute atomic E-state index is 14.2. The third-order valence-electron chi connectivity index (χ3n) is 4.96. The van der Waals surface area contributed by atoms with E-state index in [0.29, 0.717) is 21.7 Å². The Bertz CT molecular complexity index is 1210. The molecule has 35 heavy (non-hydrogen) atoms. The van der Waals surface area contributed by atoms with Crippen LogP contribution < -0.4 is 5.43 Å². The second-order valence-corrected chi connectivity index (χ2v) is 8.07. The van der Waals surface area contributed by atoms with Crippen LogP contribution in [0.1, 0.15) is 40.4 Å². The Balaban J connectivity index is 1.78. The Morgan fingerprint density at radius 3 is 2.54 bits per heavy atom. The number of ketones is 1. The number of rotatable bonds is 10. The molecule has 1 amide bonds. The number of aromatic nitrogens is 2. The van der Waals surface area contributed by atoms with Crippen molar-refractivity contribution >= 4 is 29.3 Å². The summed E-state index contributed by atoms with van der Waals surface area (Å²) in [5.41, 5.74) is 4.35. The molecule has 0 bridgehead atoms. The van der Waals surface area contributed by atoms with Crippen LogP contribution in [0.4, 0.5) is 4.39 Å². The first kappa shape index (κ1) is 26.0. The van der Waals surface area contributed by atoms with Crippen LogP contribution in [0, 0.1) is 5.82 Å². The quantitative estimate of drug-likeness (QED) is 0.221. The van der Waals surface area contributed by atoms with E-state index in [4.69, 9.17) is 16.3 Å². The second kappa shape index (κ2) is 11.7. The lowest BCUT2D eigenvalue weighted by atomic mass is 10.0. The summed E-state index contributed by atoms with van der Waals surface area (Å²) in [7, 11) is 0. The highest BCUT2D eigenvalue weighted by Crippen LogP contribution is 2.26. The normalized spacial score (nSPS) is 11.8. The number of hydrogen-bond acceptors (Lipinski definition) is 7. The first-order valence-electron chi connectivity index (χ1n) is 10.7. The number of amides is 1. The predicted molar refractivity (Wildman–Crippen MR) is 126 cm³/mol. The number of hydrazine groups is 1. The van der Waals surface area contributed by atoms with E-state index in [1.54, 1.807) is 31.2 Å². The number of nitrogens with one attached hydrogen (secondary N) is 2. The van der Waals surface area contributed by atoms with Crippen LogP contribution in [0.25, 0.3) is 11.1 Å². The molecule has 0 saturated carbocycles. The summed E-state index contributed by atoms with van der Waals surface area (Å²) in [6.45, 7) is 2.83. The molecule has 1 aromatic heterocycles. The van der Waals surface area contributed by atoms with E-state index in [-0.39, 0.29) is 36.9 Å². The van der Waals surface area contributed by atoms with Gasteiger partial charge in [-0.2, -0.15) is 5.10 Å². The van der Waals surface area contributed by atoms with Gasteiger partial charge in [0.15, 0.2) is 11.9 Å². The van der Waals surface area contributed by atoms with Crippen molar-refractivity contribution in [3.8, 4) is 11.1 Å². The van der Waals surface area contributed by atoms with Crippen LogP contribution in [0.15, 0.2) is 48.5 Å². The number of H-pyrrole nitrogens is 1. The summed E-state index contributed by atoms with van der Waals surface area (Å²) < 4.78 is 19.0. The highest BCUT2D eigenvalue weighted by Gasteiger charge is 2.23. The van der Waals surface area contributed by atoms with Crippen molar-refractivity contribution in [2.24, 2.45) is 0 Å². The molecule has 1 atom stereocenters. The molecule has 184 valence electrons. The molecule has 0 aliphatic heterocycles. The third kappa shape index (κ3) is 6.95. The van der Waals surface area contributed by atoms with Crippen LogP contribution >= 0.6 is 11.6 Å². The van der Waals surface area contributed by atoms with Gasteiger partial charge in [0.05, 0.1) is 13.2 Å². The summed E-state index contributed by atoms with van der Waals surface area (Å²) in [6.07, 6.45) is -1.52. The number of hydrogen-bond donors (Lipinski definition) is 3. The fraction of sp³-hybridized carbons (Fsp3) is 0.250. The van der Waals surface area contributed by atoms with Gasteiger partial charge in [0, 0.05) is 24.1 Å². The molecule has 0 aliphatic carbocycles. The van der Waals surface area contributed by atoms with Crippen LogP contribution in [0.5, 0.6) is 0 Å². The van der Waals surface area contributed by atoms with Gasteiger partial charge >= 0.3 is 5.97 Å². The number of carbonyl (C=O) groups excluding carboxylic acids is 3. The fourth-order valence-corrected chi connectivity index (χ4v) is 3.39. The van der Waals surface area contributed by atoms with Gasteiger partial charge in [-0.3, -0.25) is 20.1 Å². The van der Waals surface area contributed by atoms with Gasteiger partial charge in [0.1, 0.15) is 17.2 Å². The number of halogens is 2. The minimum Gasteiger partial charge on any atom is -0.464 e. The van der Waals surface area contributed by atoms with Gasteiger partial charge in [0.25, 0.3) is 5.91 Å². The predicted octanol–water partition coefficient (Wildman–Crippen LogP) is 3.14. The molecule has 9 nitrogen and oxygen atoms in total. The van der Waals surface area contributed by atoms with Crippen molar-refractivity contribution in [2.75, 3.05) is 13.2 Å². The van der Waals surface area contributed by atoms with Gasteiger partial charge in [-0.05, 0) is 42.3 Å². The Hall–Kier alpha value is -3.60.